The molecule has 1 N–H and O–H groups in total. The van der Waals surface area contributed by atoms with Crippen LogP contribution in [-0.4, -0.2) is 32.2 Å². The number of ketones is 1. The molecule has 3 aromatic rings. The van der Waals surface area contributed by atoms with Crippen LogP contribution < -0.4 is 5.32 Å². The maximum Gasteiger partial charge on any atom is 0.234 e. The van der Waals surface area contributed by atoms with Crippen molar-refractivity contribution in [3.8, 4) is 10.7 Å². The minimum absolute atomic E-state index is 0.0331. The molecule has 2 aromatic heterocycles. The number of hydrogen-bond acceptors (Lipinski definition) is 6. The van der Waals surface area contributed by atoms with Crippen LogP contribution in [0, 0.1) is 0 Å². The maximum absolute atomic E-state index is 12.3. The van der Waals surface area contributed by atoms with Gasteiger partial charge in [-0.3, -0.25) is 9.59 Å². The Hall–Kier alpha value is -2.45. The van der Waals surface area contributed by atoms with Crippen molar-refractivity contribution in [2.75, 3.05) is 11.1 Å². The fourth-order valence-electron chi connectivity index (χ4n) is 2.55. The SMILES string of the molecule is CCCn1c(SCC(=O)Nc2cccc(C(C)=O)c2)nnc1-c1cccs1. The molecule has 0 fully saturated rings. The van der Waals surface area contributed by atoms with Crippen LogP contribution in [0.1, 0.15) is 30.6 Å². The van der Waals surface area contributed by atoms with E-state index in [4.69, 9.17) is 0 Å². The predicted molar refractivity (Wildman–Crippen MR) is 109 cm³/mol. The second-order valence-corrected chi connectivity index (χ2v) is 7.80. The standard InChI is InChI=1S/C19H20N4O2S2/c1-3-9-23-18(16-8-5-10-26-16)21-22-19(23)27-12-17(25)20-15-7-4-6-14(11-15)13(2)24/h4-8,10-11H,3,9,12H2,1-2H3,(H,20,25). The lowest BCUT2D eigenvalue weighted by atomic mass is 10.1. The summed E-state index contributed by atoms with van der Waals surface area (Å²) in [4.78, 5) is 24.8. The highest BCUT2D eigenvalue weighted by atomic mass is 32.2. The normalized spacial score (nSPS) is 10.7. The molecule has 6 nitrogen and oxygen atoms in total. The lowest BCUT2D eigenvalue weighted by molar-refractivity contribution is -0.113. The van der Waals surface area contributed by atoms with E-state index in [0.717, 1.165) is 28.8 Å². The van der Waals surface area contributed by atoms with Gasteiger partial charge >= 0.3 is 0 Å². The van der Waals surface area contributed by atoms with E-state index >= 15 is 0 Å². The second-order valence-electron chi connectivity index (χ2n) is 5.91. The topological polar surface area (TPSA) is 76.9 Å². The Kier molecular flexibility index (Phi) is 6.41. The third kappa shape index (κ3) is 4.84. The van der Waals surface area contributed by atoms with Crippen LogP contribution in [0.25, 0.3) is 10.7 Å². The Bertz CT molecular complexity index is 935. The van der Waals surface area contributed by atoms with Crippen molar-refractivity contribution in [1.29, 1.82) is 0 Å². The van der Waals surface area contributed by atoms with E-state index in [1.807, 2.05) is 17.5 Å². The number of aromatic nitrogens is 3. The maximum atomic E-state index is 12.3. The molecule has 1 aromatic carbocycles. The number of carbonyl (C=O) groups excluding carboxylic acids is 2. The van der Waals surface area contributed by atoms with Crippen molar-refractivity contribution in [2.45, 2.75) is 32.0 Å². The van der Waals surface area contributed by atoms with Crippen molar-refractivity contribution in [3.63, 3.8) is 0 Å². The van der Waals surface area contributed by atoms with Crippen LogP contribution in [0.15, 0.2) is 46.9 Å². The third-order valence-electron chi connectivity index (χ3n) is 3.79. The van der Waals surface area contributed by atoms with Crippen molar-refractivity contribution in [1.82, 2.24) is 14.8 Å². The van der Waals surface area contributed by atoms with Gasteiger partial charge in [0.1, 0.15) is 0 Å². The summed E-state index contributed by atoms with van der Waals surface area (Å²) in [6.45, 7) is 4.40. The van der Waals surface area contributed by atoms with Crippen molar-refractivity contribution in [2.24, 2.45) is 0 Å². The molecule has 0 radical (unpaired) electrons. The first-order valence-corrected chi connectivity index (χ1v) is 10.5. The van der Waals surface area contributed by atoms with E-state index in [2.05, 4.69) is 27.0 Å². The first-order chi connectivity index (χ1) is 13.1. The van der Waals surface area contributed by atoms with Gasteiger partial charge in [0.25, 0.3) is 0 Å². The van der Waals surface area contributed by atoms with Crippen LogP contribution in [-0.2, 0) is 11.3 Å². The van der Waals surface area contributed by atoms with E-state index in [-0.39, 0.29) is 17.4 Å². The lowest BCUT2D eigenvalue weighted by Gasteiger charge is -2.08. The first kappa shape index (κ1) is 19.3. The van der Waals surface area contributed by atoms with Gasteiger partial charge in [-0.2, -0.15) is 0 Å². The van der Waals surface area contributed by atoms with Gasteiger partial charge in [0.15, 0.2) is 16.8 Å². The molecule has 0 saturated carbocycles. The van der Waals surface area contributed by atoms with Crippen molar-refractivity contribution >= 4 is 40.5 Å². The summed E-state index contributed by atoms with van der Waals surface area (Å²) in [6.07, 6.45) is 0.952. The molecular formula is C19H20N4O2S2. The smallest absolute Gasteiger partial charge is 0.234 e. The molecule has 140 valence electrons. The number of anilines is 1. The van der Waals surface area contributed by atoms with E-state index < -0.39 is 0 Å². The summed E-state index contributed by atoms with van der Waals surface area (Å²) >= 11 is 2.98. The molecular weight excluding hydrogens is 380 g/mol. The van der Waals surface area contributed by atoms with E-state index in [0.29, 0.717) is 11.3 Å². The monoisotopic (exact) mass is 400 g/mol. The fraction of sp³-hybridized carbons (Fsp3) is 0.263. The number of Topliss-reactive ketones (excluding diaryl/α,β-unsaturated/α-hetero) is 1. The van der Waals surface area contributed by atoms with E-state index in [9.17, 15) is 9.59 Å². The van der Waals surface area contributed by atoms with Gasteiger partial charge in [0.2, 0.25) is 5.91 Å². The summed E-state index contributed by atoms with van der Waals surface area (Å²) in [5, 5.41) is 14.1. The molecule has 3 rings (SSSR count). The average Bonchev–Trinajstić information content (AvgIpc) is 3.30. The quantitative estimate of drug-likeness (QED) is 0.449. The molecule has 1 amide bonds. The number of benzene rings is 1. The molecule has 2 heterocycles. The number of nitrogens with one attached hydrogen (secondary N) is 1. The van der Waals surface area contributed by atoms with E-state index in [1.54, 1.807) is 35.6 Å². The van der Waals surface area contributed by atoms with Gasteiger partial charge in [-0.05, 0) is 36.9 Å². The zero-order valence-electron chi connectivity index (χ0n) is 15.1. The molecule has 0 saturated heterocycles. The predicted octanol–water partition coefficient (Wildman–Crippen LogP) is 4.35. The van der Waals surface area contributed by atoms with Crippen LogP contribution in [0.4, 0.5) is 5.69 Å². The molecule has 0 aliphatic carbocycles. The Balaban J connectivity index is 1.67. The zero-order chi connectivity index (χ0) is 19.2. The number of amides is 1. The summed E-state index contributed by atoms with van der Waals surface area (Å²) in [5.41, 5.74) is 1.19. The number of thioether (sulfide) groups is 1. The Morgan fingerprint density at radius 1 is 1.22 bits per heavy atom. The minimum Gasteiger partial charge on any atom is -0.325 e. The number of rotatable bonds is 8. The fourth-order valence-corrected chi connectivity index (χ4v) is 4.03. The molecule has 27 heavy (non-hydrogen) atoms. The zero-order valence-corrected chi connectivity index (χ0v) is 16.8. The Labute approximate surface area is 166 Å². The lowest BCUT2D eigenvalue weighted by Crippen LogP contribution is -2.15. The van der Waals surface area contributed by atoms with Crippen LogP contribution in [0.2, 0.25) is 0 Å². The highest BCUT2D eigenvalue weighted by molar-refractivity contribution is 7.99. The van der Waals surface area contributed by atoms with Crippen LogP contribution >= 0.6 is 23.1 Å². The molecule has 0 aliphatic heterocycles. The largest absolute Gasteiger partial charge is 0.325 e. The molecule has 0 spiro atoms. The summed E-state index contributed by atoms with van der Waals surface area (Å²) in [7, 11) is 0. The molecule has 0 unspecified atom stereocenters. The summed E-state index contributed by atoms with van der Waals surface area (Å²) in [6, 6.07) is 10.9. The number of nitrogens with zero attached hydrogens (tertiary/aromatic N) is 3. The first-order valence-electron chi connectivity index (χ1n) is 8.59. The highest BCUT2D eigenvalue weighted by Gasteiger charge is 2.16. The molecule has 0 bridgehead atoms. The molecule has 0 aliphatic rings. The molecule has 8 heteroatoms. The van der Waals surface area contributed by atoms with Gasteiger partial charge < -0.3 is 9.88 Å². The van der Waals surface area contributed by atoms with Gasteiger partial charge in [-0.15, -0.1) is 21.5 Å². The average molecular weight is 401 g/mol. The van der Waals surface area contributed by atoms with Crippen molar-refractivity contribution < 1.29 is 9.59 Å². The number of thiophene rings is 1. The van der Waals surface area contributed by atoms with Crippen LogP contribution in [0.5, 0.6) is 0 Å². The van der Waals surface area contributed by atoms with Gasteiger partial charge in [0, 0.05) is 17.8 Å². The highest BCUT2D eigenvalue weighted by Crippen LogP contribution is 2.27. The summed E-state index contributed by atoms with van der Waals surface area (Å²) in [5.74, 6) is 0.874. The number of hydrogen-bond donors (Lipinski definition) is 1. The van der Waals surface area contributed by atoms with Crippen LogP contribution in [0.3, 0.4) is 0 Å². The summed E-state index contributed by atoms with van der Waals surface area (Å²) < 4.78 is 2.06. The van der Waals surface area contributed by atoms with Gasteiger partial charge in [-0.1, -0.05) is 36.9 Å². The third-order valence-corrected chi connectivity index (χ3v) is 5.62. The number of carbonyl (C=O) groups is 2. The van der Waals surface area contributed by atoms with Gasteiger partial charge in [-0.25, -0.2) is 0 Å². The minimum atomic E-state index is -0.149. The Morgan fingerprint density at radius 2 is 2.07 bits per heavy atom. The molecule has 0 atom stereocenters. The van der Waals surface area contributed by atoms with E-state index in [1.165, 1.54) is 18.7 Å². The Morgan fingerprint density at radius 3 is 2.78 bits per heavy atom. The second kappa shape index (κ2) is 8.96. The van der Waals surface area contributed by atoms with Gasteiger partial charge in [0.05, 0.1) is 10.6 Å². The van der Waals surface area contributed by atoms with Crippen molar-refractivity contribution in [3.05, 3.63) is 47.3 Å².